The summed E-state index contributed by atoms with van der Waals surface area (Å²) in [4.78, 5) is 1.88. The molecule has 1 aliphatic rings. The van der Waals surface area contributed by atoms with Crippen LogP contribution in [-0.4, -0.2) is 38.9 Å². The number of likely N-dealkylation sites (tertiary alicyclic amines) is 1. The van der Waals surface area contributed by atoms with Gasteiger partial charge in [0.15, 0.2) is 0 Å². The monoisotopic (exact) mass is 335 g/mol. The molecule has 5 heteroatoms. The van der Waals surface area contributed by atoms with Gasteiger partial charge in [0.05, 0.1) is 29.8 Å². The van der Waals surface area contributed by atoms with E-state index < -0.39 is 10.1 Å². The van der Waals surface area contributed by atoms with Gasteiger partial charge in [0.1, 0.15) is 0 Å². The molecule has 0 atom stereocenters. The van der Waals surface area contributed by atoms with Gasteiger partial charge in [-0.1, -0.05) is 58.3 Å². The molecule has 1 rings (SSSR count). The van der Waals surface area contributed by atoms with Gasteiger partial charge in [-0.3, -0.25) is 0 Å². The molecule has 0 radical (unpaired) electrons. The highest BCUT2D eigenvalue weighted by molar-refractivity contribution is 7.84. The second-order valence-corrected chi connectivity index (χ2v) is 8.00. The molecule has 0 aromatic carbocycles. The van der Waals surface area contributed by atoms with Crippen LogP contribution in [0.3, 0.4) is 0 Å². The van der Waals surface area contributed by atoms with Crippen molar-refractivity contribution in [2.75, 3.05) is 25.9 Å². The molecule has 0 spiro atoms. The third-order valence-electron chi connectivity index (χ3n) is 4.19. The van der Waals surface area contributed by atoms with Crippen LogP contribution in [0.25, 0.3) is 0 Å². The van der Waals surface area contributed by atoms with Gasteiger partial charge in [-0.25, -0.2) is 8.42 Å². The van der Waals surface area contributed by atoms with Crippen LogP contribution in [0.4, 0.5) is 0 Å². The maximum atomic E-state index is 9.08. The number of quaternary nitrogens is 1. The summed E-state index contributed by atoms with van der Waals surface area (Å²) in [6.45, 7) is 6.66. The molecular weight excluding hydrogens is 298 g/mol. The highest BCUT2D eigenvalue weighted by atomic mass is 32.2. The first-order valence-corrected chi connectivity index (χ1v) is 11.0. The third kappa shape index (κ3) is 19.9. The molecule has 0 aromatic heterocycles. The fraction of sp³-hybridized carbons (Fsp3) is 1.00. The fourth-order valence-electron chi connectivity index (χ4n) is 2.99. The summed E-state index contributed by atoms with van der Waals surface area (Å²) < 4.78 is 27.2. The van der Waals surface area contributed by atoms with Crippen molar-refractivity contribution in [2.45, 2.75) is 84.0 Å². The Balaban J connectivity index is 0.000000763. The minimum atomic E-state index is -3.92. The standard InChI is InChI=1S/C16H33N.CH4O3S/c1-2-3-4-5-6-7-8-9-10-11-14-17-15-12-13-16-17;1-5(2,3)4/h2-16H2,1H3;1H3,(H,2,3,4). The Labute approximate surface area is 138 Å². The maximum absolute atomic E-state index is 9.08. The molecule has 0 bridgehead atoms. The largest absolute Gasteiger partial charge is 0.748 e. The molecule has 1 aliphatic heterocycles. The smallest absolute Gasteiger partial charge is 0.0916 e. The van der Waals surface area contributed by atoms with Gasteiger partial charge >= 0.3 is 0 Å². The van der Waals surface area contributed by atoms with Crippen molar-refractivity contribution in [3.8, 4) is 0 Å². The number of rotatable bonds is 11. The molecule has 1 N–H and O–H groups in total. The van der Waals surface area contributed by atoms with Crippen molar-refractivity contribution in [2.24, 2.45) is 0 Å². The van der Waals surface area contributed by atoms with E-state index in [0.717, 1.165) is 0 Å². The Bertz CT molecular complexity index is 317. The normalized spacial score (nSPS) is 15.6. The lowest BCUT2D eigenvalue weighted by Crippen LogP contribution is -3.09. The van der Waals surface area contributed by atoms with Gasteiger partial charge in [0, 0.05) is 19.1 Å². The maximum Gasteiger partial charge on any atom is 0.0916 e. The average molecular weight is 336 g/mol. The van der Waals surface area contributed by atoms with Gasteiger partial charge in [-0.2, -0.15) is 0 Å². The van der Waals surface area contributed by atoms with Crippen LogP contribution < -0.4 is 4.90 Å². The molecule has 1 saturated heterocycles. The number of unbranched alkanes of at least 4 members (excludes halogenated alkanes) is 9. The molecule has 134 valence electrons. The van der Waals surface area contributed by atoms with E-state index in [1.807, 2.05) is 4.90 Å². The van der Waals surface area contributed by atoms with Crippen molar-refractivity contribution in [1.29, 1.82) is 0 Å². The lowest BCUT2D eigenvalue weighted by atomic mass is 10.1. The van der Waals surface area contributed by atoms with Crippen LogP contribution in [0, 0.1) is 0 Å². The Morgan fingerprint density at radius 3 is 1.59 bits per heavy atom. The third-order valence-corrected chi connectivity index (χ3v) is 4.19. The highest BCUT2D eigenvalue weighted by Crippen LogP contribution is 2.10. The number of hydrogen-bond acceptors (Lipinski definition) is 3. The summed E-state index contributed by atoms with van der Waals surface area (Å²) in [6, 6.07) is 0. The molecule has 0 unspecified atom stereocenters. The van der Waals surface area contributed by atoms with Crippen LogP contribution >= 0.6 is 0 Å². The zero-order valence-electron chi connectivity index (χ0n) is 14.7. The molecule has 0 aliphatic carbocycles. The topological polar surface area (TPSA) is 61.6 Å². The predicted octanol–water partition coefficient (Wildman–Crippen LogP) is 2.75. The van der Waals surface area contributed by atoms with Gasteiger partial charge in [-0.15, -0.1) is 0 Å². The lowest BCUT2D eigenvalue weighted by molar-refractivity contribution is -0.887. The minimum Gasteiger partial charge on any atom is -0.748 e. The zero-order valence-corrected chi connectivity index (χ0v) is 15.6. The zero-order chi connectivity index (χ0) is 16.7. The van der Waals surface area contributed by atoms with Crippen LogP contribution in [-0.2, 0) is 10.1 Å². The molecule has 1 heterocycles. The average Bonchev–Trinajstić information content (AvgIpc) is 2.92. The minimum absolute atomic E-state index is 0.604. The molecule has 1 fully saturated rings. The predicted molar refractivity (Wildman–Crippen MR) is 92.3 cm³/mol. The van der Waals surface area contributed by atoms with E-state index >= 15 is 0 Å². The summed E-state index contributed by atoms with van der Waals surface area (Å²) >= 11 is 0. The van der Waals surface area contributed by atoms with E-state index in [9.17, 15) is 0 Å². The summed E-state index contributed by atoms with van der Waals surface area (Å²) in [6.07, 6.45) is 18.2. The van der Waals surface area contributed by atoms with E-state index in [1.54, 1.807) is 0 Å². The summed E-state index contributed by atoms with van der Waals surface area (Å²) in [7, 11) is -3.92. The van der Waals surface area contributed by atoms with E-state index in [1.165, 1.54) is 96.7 Å². The van der Waals surface area contributed by atoms with Crippen molar-refractivity contribution < 1.29 is 17.9 Å². The Morgan fingerprint density at radius 1 is 0.818 bits per heavy atom. The van der Waals surface area contributed by atoms with Crippen molar-refractivity contribution in [1.82, 2.24) is 0 Å². The lowest BCUT2D eigenvalue weighted by Gasteiger charge is -2.11. The SMILES string of the molecule is CCCCCCCCCCCC[NH+]1CCCC1.CS(=O)(=O)[O-]. The fourth-order valence-corrected chi connectivity index (χ4v) is 2.99. The second kappa shape index (κ2) is 14.5. The Kier molecular flexibility index (Phi) is 14.4. The summed E-state index contributed by atoms with van der Waals surface area (Å²) in [5.41, 5.74) is 0. The molecular formula is C17H37NO3S. The Morgan fingerprint density at radius 2 is 1.18 bits per heavy atom. The van der Waals surface area contributed by atoms with Crippen LogP contribution in [0.2, 0.25) is 0 Å². The summed E-state index contributed by atoms with van der Waals surface area (Å²) in [5.74, 6) is 0. The van der Waals surface area contributed by atoms with Crippen LogP contribution in [0.1, 0.15) is 84.0 Å². The van der Waals surface area contributed by atoms with E-state index in [2.05, 4.69) is 6.92 Å². The Hall–Kier alpha value is -0.130. The van der Waals surface area contributed by atoms with E-state index in [4.69, 9.17) is 13.0 Å². The van der Waals surface area contributed by atoms with E-state index in [-0.39, 0.29) is 0 Å². The quantitative estimate of drug-likeness (QED) is 0.466. The van der Waals surface area contributed by atoms with Gasteiger partial charge in [0.25, 0.3) is 0 Å². The number of nitrogens with one attached hydrogen (secondary N) is 1. The van der Waals surface area contributed by atoms with Crippen molar-refractivity contribution in [3.05, 3.63) is 0 Å². The van der Waals surface area contributed by atoms with Crippen molar-refractivity contribution >= 4 is 10.1 Å². The van der Waals surface area contributed by atoms with Gasteiger partial charge in [0.2, 0.25) is 0 Å². The molecule has 4 nitrogen and oxygen atoms in total. The first kappa shape index (κ1) is 21.9. The highest BCUT2D eigenvalue weighted by Gasteiger charge is 2.13. The molecule has 22 heavy (non-hydrogen) atoms. The van der Waals surface area contributed by atoms with Crippen LogP contribution in [0.15, 0.2) is 0 Å². The van der Waals surface area contributed by atoms with Gasteiger partial charge < -0.3 is 9.45 Å². The first-order valence-electron chi connectivity index (χ1n) is 9.18. The van der Waals surface area contributed by atoms with Crippen LogP contribution in [0.5, 0.6) is 0 Å². The number of hydrogen-bond donors (Lipinski definition) is 1. The summed E-state index contributed by atoms with van der Waals surface area (Å²) in [5, 5.41) is 0. The second-order valence-electron chi connectivity index (χ2n) is 6.59. The molecule has 0 amide bonds. The van der Waals surface area contributed by atoms with E-state index in [0.29, 0.717) is 6.26 Å². The van der Waals surface area contributed by atoms with Gasteiger partial charge in [-0.05, 0) is 12.8 Å². The first-order chi connectivity index (χ1) is 10.4. The molecule has 0 aromatic rings. The molecule has 0 saturated carbocycles. The van der Waals surface area contributed by atoms with Crippen molar-refractivity contribution in [3.63, 3.8) is 0 Å².